The molecule has 1 amide bonds. The average Bonchev–Trinajstić information content (AvgIpc) is 3.16. The van der Waals surface area contributed by atoms with E-state index < -0.39 is 33.8 Å². The zero-order valence-corrected chi connectivity index (χ0v) is 20.9. The van der Waals surface area contributed by atoms with Crippen LogP contribution in [0, 0.1) is 12.7 Å². The number of anilines is 1. The van der Waals surface area contributed by atoms with Crippen molar-refractivity contribution in [3.8, 4) is 0 Å². The molecule has 0 bridgehead atoms. The number of sulfonamides is 1. The second-order valence-corrected chi connectivity index (χ2v) is 10.7. The van der Waals surface area contributed by atoms with Gasteiger partial charge < -0.3 is 9.67 Å². The normalized spacial score (nSPS) is 13.0. The molecule has 1 aromatic heterocycles. The number of benzene rings is 3. The number of amides is 1. The largest absolute Gasteiger partial charge is 0.480 e. The minimum atomic E-state index is -4.02. The summed E-state index contributed by atoms with van der Waals surface area (Å²) >= 11 is 1.13. The fourth-order valence-electron chi connectivity index (χ4n) is 3.63. The van der Waals surface area contributed by atoms with Crippen LogP contribution in [0.15, 0.2) is 76.6 Å². The number of rotatable bonds is 7. The molecule has 0 radical (unpaired) electrons. The van der Waals surface area contributed by atoms with Crippen LogP contribution in [0.5, 0.6) is 0 Å². The van der Waals surface area contributed by atoms with Gasteiger partial charge in [-0.15, -0.1) is 0 Å². The number of carbonyl (C=O) groups is 2. The minimum absolute atomic E-state index is 0.126. The zero-order chi connectivity index (χ0) is 26.0. The predicted octanol–water partition coefficient (Wildman–Crippen LogP) is 4.73. The van der Waals surface area contributed by atoms with Gasteiger partial charge in [-0.1, -0.05) is 36.0 Å². The van der Waals surface area contributed by atoms with Gasteiger partial charge in [-0.05, 0) is 67.9 Å². The van der Waals surface area contributed by atoms with Crippen molar-refractivity contribution < 1.29 is 27.5 Å². The lowest BCUT2D eigenvalue weighted by Crippen LogP contribution is -2.27. The Morgan fingerprint density at radius 3 is 2.36 bits per heavy atom. The van der Waals surface area contributed by atoms with Crippen LogP contribution < -0.4 is 9.52 Å². The van der Waals surface area contributed by atoms with E-state index in [0.29, 0.717) is 15.8 Å². The highest BCUT2D eigenvalue weighted by atomic mass is 32.2. The third-order valence-electron chi connectivity index (χ3n) is 5.48. The van der Waals surface area contributed by atoms with Gasteiger partial charge in [-0.25, -0.2) is 17.6 Å². The molecular weight excluding hydrogens is 505 g/mol. The number of carbonyl (C=O) groups excluding carboxylic acids is 1. The number of nitrogens with zero attached hydrogens (tertiary/aromatic N) is 2. The molecule has 0 spiro atoms. The van der Waals surface area contributed by atoms with E-state index in [4.69, 9.17) is 0 Å². The van der Waals surface area contributed by atoms with Crippen molar-refractivity contribution in [1.82, 2.24) is 4.57 Å². The molecule has 0 aliphatic rings. The summed E-state index contributed by atoms with van der Waals surface area (Å²) in [4.78, 5) is 29.2. The molecule has 0 aliphatic carbocycles. The van der Waals surface area contributed by atoms with E-state index >= 15 is 0 Å². The summed E-state index contributed by atoms with van der Waals surface area (Å²) in [6, 6.07) is 14.9. The number of aryl methyl sites for hydroxylation is 1. The maximum atomic E-state index is 13.2. The smallest absolute Gasteiger partial charge is 0.326 e. The first-order valence-electron chi connectivity index (χ1n) is 10.9. The first-order chi connectivity index (χ1) is 17.1. The molecule has 3 aromatic carbocycles. The maximum Gasteiger partial charge on any atom is 0.326 e. The molecule has 1 atom stereocenters. The lowest BCUT2D eigenvalue weighted by Gasteiger charge is -2.14. The van der Waals surface area contributed by atoms with Crippen molar-refractivity contribution in [3.63, 3.8) is 0 Å². The average molecular weight is 528 g/mol. The summed E-state index contributed by atoms with van der Waals surface area (Å²) in [5, 5.41) is 9.85. The van der Waals surface area contributed by atoms with Crippen LogP contribution in [-0.4, -0.2) is 30.0 Å². The SMILES string of the molecule is CCC(C(=O)O)n1c(=NC(=O)c2ccc(C)cc2)sc2ccc(NS(=O)(=O)c3ccc(F)cc3)cc21. The van der Waals surface area contributed by atoms with E-state index in [2.05, 4.69) is 9.71 Å². The fourth-order valence-corrected chi connectivity index (χ4v) is 5.72. The number of carboxylic acid groups (broad SMARTS) is 1. The first kappa shape index (κ1) is 25.3. The number of halogens is 1. The van der Waals surface area contributed by atoms with Gasteiger partial charge in [-0.3, -0.25) is 9.52 Å². The molecule has 0 aliphatic heterocycles. The highest BCUT2D eigenvalue weighted by molar-refractivity contribution is 7.92. The number of hydrogen-bond acceptors (Lipinski definition) is 5. The molecule has 8 nitrogen and oxygen atoms in total. The molecule has 2 N–H and O–H groups in total. The summed E-state index contributed by atoms with van der Waals surface area (Å²) in [5.41, 5.74) is 1.93. The van der Waals surface area contributed by atoms with Crippen LogP contribution in [0.3, 0.4) is 0 Å². The maximum absolute atomic E-state index is 13.2. The summed E-state index contributed by atoms with van der Waals surface area (Å²) in [7, 11) is -4.02. The van der Waals surface area contributed by atoms with Gasteiger partial charge in [0.15, 0.2) is 4.80 Å². The summed E-state index contributed by atoms with van der Waals surface area (Å²) < 4.78 is 43.2. The molecule has 0 saturated carbocycles. The van der Waals surface area contributed by atoms with Crippen molar-refractivity contribution in [2.75, 3.05) is 4.72 Å². The Labute approximate surface area is 210 Å². The van der Waals surface area contributed by atoms with Crippen LogP contribution in [0.25, 0.3) is 10.2 Å². The number of nitrogens with one attached hydrogen (secondary N) is 1. The number of hydrogen-bond donors (Lipinski definition) is 2. The van der Waals surface area contributed by atoms with E-state index in [1.807, 2.05) is 6.92 Å². The van der Waals surface area contributed by atoms with Gasteiger partial charge in [0.05, 0.1) is 20.8 Å². The lowest BCUT2D eigenvalue weighted by atomic mass is 10.1. The van der Waals surface area contributed by atoms with E-state index in [9.17, 15) is 27.5 Å². The minimum Gasteiger partial charge on any atom is -0.480 e. The van der Waals surface area contributed by atoms with E-state index in [-0.39, 0.29) is 21.8 Å². The Morgan fingerprint density at radius 1 is 1.08 bits per heavy atom. The Kier molecular flexibility index (Phi) is 7.04. The van der Waals surface area contributed by atoms with Crippen molar-refractivity contribution in [2.24, 2.45) is 4.99 Å². The highest BCUT2D eigenvalue weighted by Crippen LogP contribution is 2.27. The Balaban J connectivity index is 1.83. The second kappa shape index (κ2) is 10.0. The Hall–Kier alpha value is -3.83. The van der Waals surface area contributed by atoms with Crippen LogP contribution in [0.4, 0.5) is 10.1 Å². The number of carboxylic acids is 1. The van der Waals surface area contributed by atoms with Crippen LogP contribution in [0.2, 0.25) is 0 Å². The summed E-state index contributed by atoms with van der Waals surface area (Å²) in [6.45, 7) is 3.59. The third kappa shape index (κ3) is 5.21. The monoisotopic (exact) mass is 527 g/mol. The molecule has 36 heavy (non-hydrogen) atoms. The van der Waals surface area contributed by atoms with Gasteiger partial charge in [0.25, 0.3) is 15.9 Å². The molecule has 4 rings (SSSR count). The van der Waals surface area contributed by atoms with E-state index in [1.165, 1.54) is 16.7 Å². The van der Waals surface area contributed by atoms with Crippen LogP contribution in [0.1, 0.15) is 35.3 Å². The summed E-state index contributed by atoms with van der Waals surface area (Å²) in [6.07, 6.45) is 0.207. The first-order valence-corrected chi connectivity index (χ1v) is 13.2. The fraction of sp³-hybridized carbons (Fsp3) is 0.160. The lowest BCUT2D eigenvalue weighted by molar-refractivity contribution is -0.140. The van der Waals surface area contributed by atoms with Gasteiger partial charge in [-0.2, -0.15) is 4.99 Å². The zero-order valence-electron chi connectivity index (χ0n) is 19.3. The Bertz CT molecular complexity index is 1620. The van der Waals surface area contributed by atoms with Gasteiger partial charge in [0.2, 0.25) is 0 Å². The topological polar surface area (TPSA) is 118 Å². The van der Waals surface area contributed by atoms with Crippen molar-refractivity contribution in [1.29, 1.82) is 0 Å². The number of aromatic nitrogens is 1. The standard InChI is InChI=1S/C25H22FN3O5S2/c1-3-20(24(31)32)29-21-14-18(28-36(33,34)19-11-8-17(26)9-12-19)10-13-22(21)35-25(29)27-23(30)16-6-4-15(2)5-7-16/h4-14,20,28H,3H2,1-2H3,(H,31,32). The van der Waals surface area contributed by atoms with Crippen LogP contribution in [-0.2, 0) is 14.8 Å². The highest BCUT2D eigenvalue weighted by Gasteiger charge is 2.23. The van der Waals surface area contributed by atoms with Gasteiger partial charge in [0, 0.05) is 5.56 Å². The molecule has 4 aromatic rings. The number of thiazole rings is 1. The van der Waals surface area contributed by atoms with Gasteiger partial charge >= 0.3 is 5.97 Å². The molecule has 0 fully saturated rings. The van der Waals surface area contributed by atoms with E-state index in [0.717, 1.165) is 41.2 Å². The number of aliphatic carboxylic acids is 1. The molecule has 186 valence electrons. The molecule has 1 heterocycles. The predicted molar refractivity (Wildman–Crippen MR) is 135 cm³/mol. The van der Waals surface area contributed by atoms with Crippen molar-refractivity contribution >= 4 is 49.1 Å². The summed E-state index contributed by atoms with van der Waals surface area (Å²) in [5.74, 6) is -2.20. The number of fused-ring (bicyclic) bond motifs is 1. The second-order valence-electron chi connectivity index (χ2n) is 8.04. The molecule has 0 saturated heterocycles. The quantitative estimate of drug-likeness (QED) is 0.360. The van der Waals surface area contributed by atoms with Crippen molar-refractivity contribution in [3.05, 3.63) is 88.5 Å². The Morgan fingerprint density at radius 2 is 1.75 bits per heavy atom. The van der Waals surface area contributed by atoms with Crippen molar-refractivity contribution in [2.45, 2.75) is 31.2 Å². The third-order valence-corrected chi connectivity index (χ3v) is 7.91. The van der Waals surface area contributed by atoms with Gasteiger partial charge in [0.1, 0.15) is 11.9 Å². The molecular formula is C25H22FN3O5S2. The molecule has 1 unspecified atom stereocenters. The van der Waals surface area contributed by atoms with E-state index in [1.54, 1.807) is 37.3 Å². The van der Waals surface area contributed by atoms with Crippen LogP contribution >= 0.6 is 11.3 Å². The molecule has 11 heteroatoms.